The van der Waals surface area contributed by atoms with Crippen molar-refractivity contribution in [1.82, 2.24) is 0 Å². The number of hydrogen-bond donors (Lipinski definition) is 0. The van der Waals surface area contributed by atoms with Crippen molar-refractivity contribution in [2.75, 3.05) is 0 Å². The molecular weight excluding hydrogens is 352 g/mol. The summed E-state index contributed by atoms with van der Waals surface area (Å²) in [6, 6.07) is 0. The Labute approximate surface area is 173 Å². The molecule has 2 atom stereocenters. The zero-order chi connectivity index (χ0) is 21.0. The molecule has 0 aromatic heterocycles. The van der Waals surface area contributed by atoms with E-state index >= 15 is 0 Å². The van der Waals surface area contributed by atoms with Gasteiger partial charge in [-0.1, -0.05) is 58.8 Å². The molecule has 0 aliphatic rings. The third kappa shape index (κ3) is 16.7. The van der Waals surface area contributed by atoms with Crippen molar-refractivity contribution in [2.45, 2.75) is 130 Å². The van der Waals surface area contributed by atoms with Crippen LogP contribution in [-0.2, 0) is 19.1 Å². The summed E-state index contributed by atoms with van der Waals surface area (Å²) < 4.78 is 10.9. The number of hydrogen-bond acceptors (Lipinski definition) is 4. The van der Waals surface area contributed by atoms with E-state index in [4.69, 9.17) is 9.47 Å². The van der Waals surface area contributed by atoms with Crippen molar-refractivity contribution in [2.24, 2.45) is 0 Å². The van der Waals surface area contributed by atoms with Crippen LogP contribution in [0.1, 0.15) is 118 Å². The van der Waals surface area contributed by atoms with E-state index in [2.05, 4.69) is 25.7 Å². The first kappa shape index (κ1) is 26.5. The van der Waals surface area contributed by atoms with E-state index in [1.54, 1.807) is 0 Å². The SMILES string of the molecule is CCCC#CCC(CC)OC(=O)CCCC(=O)OC(C)CCCCCCCC. The van der Waals surface area contributed by atoms with Gasteiger partial charge in [0.15, 0.2) is 0 Å². The average Bonchev–Trinajstić information content (AvgIpc) is 2.66. The number of rotatable bonds is 16. The van der Waals surface area contributed by atoms with Crippen molar-refractivity contribution in [3.05, 3.63) is 0 Å². The van der Waals surface area contributed by atoms with Crippen molar-refractivity contribution in [3.8, 4) is 11.8 Å². The minimum atomic E-state index is -0.253. The summed E-state index contributed by atoms with van der Waals surface area (Å²) in [5.74, 6) is 5.67. The van der Waals surface area contributed by atoms with Crippen molar-refractivity contribution < 1.29 is 19.1 Å². The molecule has 0 N–H and O–H groups in total. The van der Waals surface area contributed by atoms with E-state index in [0.717, 1.165) is 32.1 Å². The maximum Gasteiger partial charge on any atom is 0.306 e. The second-order valence-corrected chi connectivity index (χ2v) is 7.54. The van der Waals surface area contributed by atoms with Crippen molar-refractivity contribution in [1.29, 1.82) is 0 Å². The second kappa shape index (κ2) is 18.8. The molecule has 2 unspecified atom stereocenters. The predicted molar refractivity (Wildman–Crippen MR) is 115 cm³/mol. The van der Waals surface area contributed by atoms with E-state index in [1.165, 1.54) is 32.1 Å². The molecule has 4 nitrogen and oxygen atoms in total. The van der Waals surface area contributed by atoms with E-state index in [9.17, 15) is 9.59 Å². The number of carbonyl (C=O) groups excluding carboxylic acids is 2. The van der Waals surface area contributed by atoms with Crippen LogP contribution in [0.4, 0.5) is 0 Å². The van der Waals surface area contributed by atoms with Gasteiger partial charge in [-0.3, -0.25) is 9.59 Å². The molecule has 0 aliphatic carbocycles. The Hall–Kier alpha value is -1.50. The highest BCUT2D eigenvalue weighted by molar-refractivity contribution is 5.72. The topological polar surface area (TPSA) is 52.6 Å². The van der Waals surface area contributed by atoms with E-state index in [-0.39, 0.29) is 37.0 Å². The highest BCUT2D eigenvalue weighted by atomic mass is 16.5. The largest absolute Gasteiger partial charge is 0.463 e. The second-order valence-electron chi connectivity index (χ2n) is 7.54. The third-order valence-corrected chi connectivity index (χ3v) is 4.64. The summed E-state index contributed by atoms with van der Waals surface area (Å²) in [6.45, 7) is 8.24. The molecule has 4 heteroatoms. The predicted octanol–water partition coefficient (Wildman–Crippen LogP) is 6.35. The Morgan fingerprint density at radius 2 is 1.43 bits per heavy atom. The molecule has 0 radical (unpaired) electrons. The van der Waals surface area contributed by atoms with Crippen molar-refractivity contribution >= 4 is 11.9 Å². The maximum atomic E-state index is 11.9. The van der Waals surface area contributed by atoms with Gasteiger partial charge in [0.25, 0.3) is 0 Å². The lowest BCUT2D eigenvalue weighted by Crippen LogP contribution is -2.18. The summed E-state index contributed by atoms with van der Waals surface area (Å²) in [4.78, 5) is 23.8. The molecule has 0 saturated carbocycles. The Morgan fingerprint density at radius 1 is 0.786 bits per heavy atom. The number of carbonyl (C=O) groups is 2. The fraction of sp³-hybridized carbons (Fsp3) is 0.833. The summed E-state index contributed by atoms with van der Waals surface area (Å²) in [5.41, 5.74) is 0. The molecule has 0 aromatic carbocycles. The van der Waals surface area contributed by atoms with Crippen LogP contribution in [0.3, 0.4) is 0 Å². The van der Waals surface area contributed by atoms with Gasteiger partial charge in [0.1, 0.15) is 6.10 Å². The molecule has 0 aliphatic heterocycles. The zero-order valence-electron chi connectivity index (χ0n) is 18.7. The van der Waals surface area contributed by atoms with Crippen LogP contribution in [0.15, 0.2) is 0 Å². The van der Waals surface area contributed by atoms with Crippen LogP contribution in [0.2, 0.25) is 0 Å². The standard InChI is InChI=1S/C24H42O4/c1-5-8-10-12-13-14-17-21(4)27-23(25)19-16-20-24(26)28-22(7-3)18-15-11-9-6-2/h21-22H,5-10,12-14,16-20H2,1-4H3. The number of ether oxygens (including phenoxy) is 2. The molecule has 0 heterocycles. The molecule has 0 fully saturated rings. The molecule has 28 heavy (non-hydrogen) atoms. The Balaban J connectivity index is 3.82. The van der Waals surface area contributed by atoms with Gasteiger partial charge in [-0.15, -0.1) is 5.92 Å². The fourth-order valence-electron chi connectivity index (χ4n) is 2.84. The third-order valence-electron chi connectivity index (χ3n) is 4.64. The lowest BCUT2D eigenvalue weighted by atomic mass is 10.1. The Bertz CT molecular complexity index is 461. The molecular formula is C24H42O4. The lowest BCUT2D eigenvalue weighted by molar-refractivity contribution is -0.150. The highest BCUT2D eigenvalue weighted by Gasteiger charge is 2.14. The van der Waals surface area contributed by atoms with Gasteiger partial charge in [0.2, 0.25) is 0 Å². The fourth-order valence-corrected chi connectivity index (χ4v) is 2.84. The summed E-state index contributed by atoms with van der Waals surface area (Å²) in [5, 5.41) is 0. The van der Waals surface area contributed by atoms with E-state index < -0.39 is 0 Å². The van der Waals surface area contributed by atoms with Gasteiger partial charge in [0.05, 0.1) is 6.10 Å². The van der Waals surface area contributed by atoms with Gasteiger partial charge in [-0.05, 0) is 39.0 Å². The molecule has 0 spiro atoms. The van der Waals surface area contributed by atoms with E-state index in [1.807, 2.05) is 13.8 Å². The maximum absolute atomic E-state index is 11.9. The van der Waals surface area contributed by atoms with Gasteiger partial charge < -0.3 is 9.47 Å². The quantitative estimate of drug-likeness (QED) is 0.174. The van der Waals surface area contributed by atoms with Gasteiger partial charge in [-0.25, -0.2) is 0 Å². The molecule has 162 valence electrons. The Kier molecular flexibility index (Phi) is 17.8. The number of esters is 2. The first-order valence-corrected chi connectivity index (χ1v) is 11.4. The molecule has 0 amide bonds. The molecule has 0 bridgehead atoms. The average molecular weight is 395 g/mol. The van der Waals surface area contributed by atoms with Crippen LogP contribution in [-0.4, -0.2) is 24.1 Å². The first-order chi connectivity index (χ1) is 13.5. The summed E-state index contributed by atoms with van der Waals surface area (Å²) in [7, 11) is 0. The normalized spacial score (nSPS) is 12.6. The summed E-state index contributed by atoms with van der Waals surface area (Å²) >= 11 is 0. The van der Waals surface area contributed by atoms with Crippen LogP contribution < -0.4 is 0 Å². The smallest absolute Gasteiger partial charge is 0.306 e. The van der Waals surface area contributed by atoms with Gasteiger partial charge in [0, 0.05) is 25.7 Å². The summed E-state index contributed by atoms with van der Waals surface area (Å²) in [6.07, 6.45) is 12.4. The van der Waals surface area contributed by atoms with Crippen LogP contribution in [0, 0.1) is 11.8 Å². The molecule has 0 aromatic rings. The zero-order valence-corrected chi connectivity index (χ0v) is 18.7. The number of unbranched alkanes of at least 4 members (excludes halogenated alkanes) is 6. The molecule has 0 rings (SSSR count). The monoisotopic (exact) mass is 394 g/mol. The van der Waals surface area contributed by atoms with E-state index in [0.29, 0.717) is 12.8 Å². The highest BCUT2D eigenvalue weighted by Crippen LogP contribution is 2.12. The van der Waals surface area contributed by atoms with Crippen LogP contribution in [0.25, 0.3) is 0 Å². The molecule has 0 saturated heterocycles. The minimum Gasteiger partial charge on any atom is -0.463 e. The van der Waals surface area contributed by atoms with Gasteiger partial charge in [-0.2, -0.15) is 0 Å². The van der Waals surface area contributed by atoms with Crippen molar-refractivity contribution in [3.63, 3.8) is 0 Å². The lowest BCUT2D eigenvalue weighted by Gasteiger charge is -2.14. The first-order valence-electron chi connectivity index (χ1n) is 11.4. The van der Waals surface area contributed by atoms with Crippen LogP contribution >= 0.6 is 0 Å². The Morgan fingerprint density at radius 3 is 2.07 bits per heavy atom. The van der Waals surface area contributed by atoms with Crippen LogP contribution in [0.5, 0.6) is 0 Å². The minimum absolute atomic E-state index is 0.0446. The van der Waals surface area contributed by atoms with Gasteiger partial charge >= 0.3 is 11.9 Å².